The van der Waals surface area contributed by atoms with Crippen molar-refractivity contribution < 1.29 is 19.4 Å². The second-order valence-electron chi connectivity index (χ2n) is 2.59. The Kier molecular flexibility index (Phi) is 1.82. The lowest BCUT2D eigenvalue weighted by Gasteiger charge is -1.88. The molecule has 6 heteroatoms. The molecular formula is C8H4ClNO4. The Labute approximate surface area is 82.5 Å². The quantitative estimate of drug-likeness (QED) is 0.707. The Morgan fingerprint density at radius 2 is 2.29 bits per heavy atom. The van der Waals surface area contributed by atoms with Crippen LogP contribution in [0.3, 0.4) is 0 Å². The van der Waals surface area contributed by atoms with Crippen LogP contribution < -0.4 is 0 Å². The highest BCUT2D eigenvalue weighted by Crippen LogP contribution is 2.32. The van der Waals surface area contributed by atoms with Crippen molar-refractivity contribution in [3.8, 4) is 5.75 Å². The monoisotopic (exact) mass is 213 g/mol. The molecule has 0 saturated heterocycles. The Balaban J connectivity index is 2.80. The number of carbonyl (C=O) groups is 1. The molecule has 0 saturated carbocycles. The van der Waals surface area contributed by atoms with E-state index in [-0.39, 0.29) is 16.1 Å². The summed E-state index contributed by atoms with van der Waals surface area (Å²) in [7, 11) is 0. The third-order valence-corrected chi connectivity index (χ3v) is 1.92. The van der Waals surface area contributed by atoms with Crippen molar-refractivity contribution in [1.82, 2.24) is 4.98 Å². The van der Waals surface area contributed by atoms with Gasteiger partial charge in [-0.2, -0.15) is 0 Å². The van der Waals surface area contributed by atoms with Crippen LogP contribution >= 0.6 is 11.6 Å². The Morgan fingerprint density at radius 1 is 1.57 bits per heavy atom. The lowest BCUT2D eigenvalue weighted by atomic mass is 10.3. The van der Waals surface area contributed by atoms with Gasteiger partial charge in [-0.25, -0.2) is 9.78 Å². The molecule has 2 aromatic heterocycles. The maximum Gasteiger partial charge on any atom is 0.375 e. The summed E-state index contributed by atoms with van der Waals surface area (Å²) in [5, 5.41) is 18.4. The van der Waals surface area contributed by atoms with Crippen molar-refractivity contribution in [3.05, 3.63) is 23.2 Å². The maximum atomic E-state index is 10.6. The smallest absolute Gasteiger partial charge is 0.375 e. The van der Waals surface area contributed by atoms with Crippen LogP contribution in [0.4, 0.5) is 0 Å². The standard InChI is InChI=1S/C8H4ClNO4/c9-5-1-3-4(2-10-5)14-7(6(3)11)8(12)13/h1-2,11H,(H,12,13). The van der Waals surface area contributed by atoms with E-state index in [0.717, 1.165) is 0 Å². The van der Waals surface area contributed by atoms with Crippen LogP contribution in [0.25, 0.3) is 11.0 Å². The molecule has 72 valence electrons. The summed E-state index contributed by atoms with van der Waals surface area (Å²) in [4.78, 5) is 14.3. The fourth-order valence-electron chi connectivity index (χ4n) is 1.11. The molecule has 0 aliphatic carbocycles. The molecule has 14 heavy (non-hydrogen) atoms. The van der Waals surface area contributed by atoms with Crippen molar-refractivity contribution in [2.24, 2.45) is 0 Å². The minimum absolute atomic E-state index is 0.158. The normalized spacial score (nSPS) is 10.6. The van der Waals surface area contributed by atoms with Gasteiger partial charge in [0.25, 0.3) is 5.76 Å². The van der Waals surface area contributed by atoms with E-state index in [1.54, 1.807) is 0 Å². The predicted octanol–water partition coefficient (Wildman–Crippen LogP) is 1.89. The summed E-state index contributed by atoms with van der Waals surface area (Å²) in [5.74, 6) is -2.28. The number of pyridine rings is 1. The van der Waals surface area contributed by atoms with E-state index in [1.165, 1.54) is 12.3 Å². The third-order valence-electron chi connectivity index (χ3n) is 1.71. The average Bonchev–Trinajstić information content (AvgIpc) is 2.44. The number of hydrogen-bond acceptors (Lipinski definition) is 4. The Morgan fingerprint density at radius 3 is 2.93 bits per heavy atom. The van der Waals surface area contributed by atoms with E-state index in [2.05, 4.69) is 4.98 Å². The van der Waals surface area contributed by atoms with Gasteiger partial charge in [0.1, 0.15) is 5.15 Å². The summed E-state index contributed by atoms with van der Waals surface area (Å²) < 4.78 is 4.84. The number of carboxylic acid groups (broad SMARTS) is 1. The molecule has 0 aliphatic heterocycles. The molecule has 2 aromatic rings. The van der Waals surface area contributed by atoms with E-state index < -0.39 is 17.5 Å². The fraction of sp³-hybridized carbons (Fsp3) is 0. The highest BCUT2D eigenvalue weighted by Gasteiger charge is 2.19. The lowest BCUT2D eigenvalue weighted by molar-refractivity contribution is 0.0660. The SMILES string of the molecule is O=C(O)c1oc2cnc(Cl)cc2c1O. The van der Waals surface area contributed by atoms with Crippen molar-refractivity contribution >= 4 is 28.5 Å². The summed E-state index contributed by atoms with van der Waals surface area (Å²) in [6.45, 7) is 0. The summed E-state index contributed by atoms with van der Waals surface area (Å²) >= 11 is 5.57. The van der Waals surface area contributed by atoms with Crippen molar-refractivity contribution in [2.75, 3.05) is 0 Å². The summed E-state index contributed by atoms with van der Waals surface area (Å²) in [6, 6.07) is 1.34. The number of nitrogens with zero attached hydrogens (tertiary/aromatic N) is 1. The van der Waals surface area contributed by atoms with Crippen molar-refractivity contribution in [2.45, 2.75) is 0 Å². The number of carboxylic acids is 1. The van der Waals surface area contributed by atoms with Gasteiger partial charge in [-0.1, -0.05) is 11.6 Å². The Bertz CT molecular complexity index is 519. The predicted molar refractivity (Wildman–Crippen MR) is 47.6 cm³/mol. The second kappa shape index (κ2) is 2.88. The Hall–Kier alpha value is -1.75. The number of aromatic carboxylic acids is 1. The molecule has 0 aromatic carbocycles. The number of fused-ring (bicyclic) bond motifs is 1. The van der Waals surface area contributed by atoms with E-state index >= 15 is 0 Å². The molecule has 0 radical (unpaired) electrons. The van der Waals surface area contributed by atoms with E-state index in [0.29, 0.717) is 0 Å². The third kappa shape index (κ3) is 1.18. The van der Waals surface area contributed by atoms with Crippen LogP contribution in [0, 0.1) is 0 Å². The van der Waals surface area contributed by atoms with Gasteiger partial charge in [-0.15, -0.1) is 0 Å². The number of halogens is 1. The molecule has 2 heterocycles. The molecule has 2 rings (SSSR count). The minimum atomic E-state index is -1.34. The van der Waals surface area contributed by atoms with Crippen LogP contribution in [0.2, 0.25) is 5.15 Å². The summed E-state index contributed by atoms with van der Waals surface area (Å²) in [6.07, 6.45) is 1.25. The maximum absolute atomic E-state index is 10.6. The van der Waals surface area contributed by atoms with Crippen LogP contribution in [0.5, 0.6) is 5.75 Å². The van der Waals surface area contributed by atoms with Crippen LogP contribution in [-0.4, -0.2) is 21.2 Å². The van der Waals surface area contributed by atoms with Gasteiger partial charge >= 0.3 is 5.97 Å². The fourth-order valence-corrected chi connectivity index (χ4v) is 1.27. The summed E-state index contributed by atoms with van der Waals surface area (Å²) in [5.41, 5.74) is 0.185. The number of furan rings is 1. The van der Waals surface area contributed by atoms with Crippen LogP contribution in [-0.2, 0) is 0 Å². The highest BCUT2D eigenvalue weighted by molar-refractivity contribution is 6.30. The van der Waals surface area contributed by atoms with Crippen LogP contribution in [0.1, 0.15) is 10.6 Å². The van der Waals surface area contributed by atoms with Gasteiger partial charge < -0.3 is 14.6 Å². The molecule has 2 N–H and O–H groups in total. The largest absolute Gasteiger partial charge is 0.504 e. The molecule has 0 bridgehead atoms. The molecule has 0 unspecified atom stereocenters. The van der Waals surface area contributed by atoms with E-state index in [9.17, 15) is 9.90 Å². The second-order valence-corrected chi connectivity index (χ2v) is 2.98. The molecule has 0 fully saturated rings. The van der Waals surface area contributed by atoms with Crippen molar-refractivity contribution in [1.29, 1.82) is 0 Å². The first-order chi connectivity index (χ1) is 6.59. The first-order valence-corrected chi connectivity index (χ1v) is 3.97. The molecule has 0 aliphatic rings. The van der Waals surface area contributed by atoms with Gasteiger partial charge in [-0.3, -0.25) is 0 Å². The average molecular weight is 214 g/mol. The lowest BCUT2D eigenvalue weighted by Crippen LogP contribution is -1.92. The zero-order valence-corrected chi connectivity index (χ0v) is 7.45. The number of rotatable bonds is 1. The number of aromatic nitrogens is 1. The van der Waals surface area contributed by atoms with Crippen molar-refractivity contribution in [3.63, 3.8) is 0 Å². The number of hydrogen-bond donors (Lipinski definition) is 2. The zero-order chi connectivity index (χ0) is 10.3. The first-order valence-electron chi connectivity index (χ1n) is 3.60. The van der Waals surface area contributed by atoms with E-state index in [4.69, 9.17) is 21.1 Å². The molecular weight excluding hydrogens is 210 g/mol. The molecule has 5 nitrogen and oxygen atoms in total. The minimum Gasteiger partial charge on any atom is -0.504 e. The van der Waals surface area contributed by atoms with Gasteiger partial charge in [-0.05, 0) is 6.07 Å². The first kappa shape index (κ1) is 8.83. The van der Waals surface area contributed by atoms with E-state index in [1.807, 2.05) is 0 Å². The topological polar surface area (TPSA) is 83.6 Å². The molecule has 0 amide bonds. The number of aromatic hydroxyl groups is 1. The van der Waals surface area contributed by atoms with Gasteiger partial charge in [0.05, 0.1) is 11.6 Å². The van der Waals surface area contributed by atoms with Crippen LogP contribution in [0.15, 0.2) is 16.7 Å². The molecule has 0 spiro atoms. The zero-order valence-electron chi connectivity index (χ0n) is 6.69. The molecule has 0 atom stereocenters. The van der Waals surface area contributed by atoms with Gasteiger partial charge in [0.15, 0.2) is 11.3 Å². The van der Waals surface area contributed by atoms with Gasteiger partial charge in [0, 0.05) is 0 Å². The highest BCUT2D eigenvalue weighted by atomic mass is 35.5. The van der Waals surface area contributed by atoms with Gasteiger partial charge in [0.2, 0.25) is 0 Å².